The SMILES string of the molecule is CC(Sc1nc2c(cnn2-c2cccc(Cl)c2)c(=O)[nH]1)C(=O)Nc1cccc(F)c1. The third-order valence-electron chi connectivity index (χ3n) is 4.22. The van der Waals surface area contributed by atoms with Gasteiger partial charge in [0.05, 0.1) is 17.1 Å². The van der Waals surface area contributed by atoms with E-state index in [1.54, 1.807) is 37.3 Å². The minimum Gasteiger partial charge on any atom is -0.325 e. The number of carbonyl (C=O) groups is 1. The number of H-pyrrole nitrogens is 1. The third-order valence-corrected chi connectivity index (χ3v) is 5.44. The van der Waals surface area contributed by atoms with E-state index in [0.717, 1.165) is 11.8 Å². The number of halogens is 2. The molecule has 10 heteroatoms. The highest BCUT2D eigenvalue weighted by atomic mass is 35.5. The maximum atomic E-state index is 13.3. The average molecular weight is 444 g/mol. The van der Waals surface area contributed by atoms with Gasteiger partial charge in [-0.1, -0.05) is 35.5 Å². The lowest BCUT2D eigenvalue weighted by Crippen LogP contribution is -2.23. The number of thioether (sulfide) groups is 1. The van der Waals surface area contributed by atoms with Gasteiger partial charge in [-0.2, -0.15) is 5.10 Å². The molecule has 0 radical (unpaired) electrons. The average Bonchev–Trinajstić information content (AvgIpc) is 3.12. The van der Waals surface area contributed by atoms with E-state index >= 15 is 0 Å². The number of nitrogens with one attached hydrogen (secondary N) is 2. The molecule has 2 aromatic heterocycles. The van der Waals surface area contributed by atoms with Crippen molar-refractivity contribution < 1.29 is 9.18 Å². The topological polar surface area (TPSA) is 92.7 Å². The Labute approximate surface area is 179 Å². The van der Waals surface area contributed by atoms with Gasteiger partial charge in [0.15, 0.2) is 10.8 Å². The molecule has 7 nitrogen and oxygen atoms in total. The van der Waals surface area contributed by atoms with Crippen molar-refractivity contribution in [1.29, 1.82) is 0 Å². The van der Waals surface area contributed by atoms with Crippen molar-refractivity contribution >= 4 is 46.0 Å². The summed E-state index contributed by atoms with van der Waals surface area (Å²) >= 11 is 7.13. The molecule has 152 valence electrons. The summed E-state index contributed by atoms with van der Waals surface area (Å²) < 4.78 is 14.8. The number of rotatable bonds is 5. The van der Waals surface area contributed by atoms with Crippen molar-refractivity contribution in [2.45, 2.75) is 17.3 Å². The summed E-state index contributed by atoms with van der Waals surface area (Å²) in [5.74, 6) is -0.796. The van der Waals surface area contributed by atoms with E-state index in [9.17, 15) is 14.0 Å². The third kappa shape index (κ3) is 4.22. The second-order valence-electron chi connectivity index (χ2n) is 6.40. The number of carbonyl (C=O) groups excluding carboxylic acids is 1. The standard InChI is InChI=1S/C20H15ClFN5O2S/c1-11(18(28)24-14-6-3-5-13(22)9-14)30-20-25-17-16(19(29)26-20)10-23-27(17)15-7-2-4-12(21)8-15/h2-11H,1H3,(H,24,28)(H,25,26,29). The van der Waals surface area contributed by atoms with Crippen LogP contribution < -0.4 is 10.9 Å². The van der Waals surface area contributed by atoms with Crippen LogP contribution in [0, 0.1) is 5.82 Å². The number of benzene rings is 2. The molecular formula is C20H15ClFN5O2S. The Morgan fingerprint density at radius 2 is 2.07 bits per heavy atom. The molecule has 1 unspecified atom stereocenters. The summed E-state index contributed by atoms with van der Waals surface area (Å²) in [5.41, 5.74) is 0.988. The van der Waals surface area contributed by atoms with E-state index in [-0.39, 0.29) is 16.6 Å². The minimum absolute atomic E-state index is 0.262. The fourth-order valence-electron chi connectivity index (χ4n) is 2.78. The molecule has 0 aliphatic heterocycles. The Bertz CT molecular complexity index is 1310. The maximum absolute atomic E-state index is 13.3. The first-order valence-electron chi connectivity index (χ1n) is 8.88. The van der Waals surface area contributed by atoms with E-state index in [1.807, 2.05) is 0 Å². The molecule has 0 saturated carbocycles. The van der Waals surface area contributed by atoms with Gasteiger partial charge in [0.2, 0.25) is 5.91 Å². The maximum Gasteiger partial charge on any atom is 0.262 e. The summed E-state index contributed by atoms with van der Waals surface area (Å²) in [7, 11) is 0. The van der Waals surface area contributed by atoms with Crippen LogP contribution in [0.4, 0.5) is 10.1 Å². The molecule has 2 heterocycles. The highest BCUT2D eigenvalue weighted by Gasteiger charge is 2.18. The van der Waals surface area contributed by atoms with E-state index in [1.165, 1.54) is 29.1 Å². The molecule has 0 fully saturated rings. The van der Waals surface area contributed by atoms with Crippen LogP contribution in [0.5, 0.6) is 0 Å². The summed E-state index contributed by atoms with van der Waals surface area (Å²) in [6.07, 6.45) is 1.43. The molecule has 30 heavy (non-hydrogen) atoms. The highest BCUT2D eigenvalue weighted by molar-refractivity contribution is 8.00. The number of nitrogens with zero attached hydrogens (tertiary/aromatic N) is 3. The van der Waals surface area contributed by atoms with Crippen LogP contribution in [0.3, 0.4) is 0 Å². The lowest BCUT2D eigenvalue weighted by molar-refractivity contribution is -0.115. The normalized spacial score (nSPS) is 12.1. The van der Waals surface area contributed by atoms with Crippen LogP contribution in [0.1, 0.15) is 6.92 Å². The summed E-state index contributed by atoms with van der Waals surface area (Å²) in [6, 6.07) is 12.6. The van der Waals surface area contributed by atoms with Gasteiger partial charge in [0.1, 0.15) is 11.2 Å². The number of fused-ring (bicyclic) bond motifs is 1. The summed E-state index contributed by atoms with van der Waals surface area (Å²) in [5, 5.41) is 7.38. The van der Waals surface area contributed by atoms with Gasteiger partial charge in [0, 0.05) is 10.7 Å². The molecule has 0 spiro atoms. The summed E-state index contributed by atoms with van der Waals surface area (Å²) in [4.78, 5) is 32.0. The minimum atomic E-state index is -0.601. The zero-order valence-electron chi connectivity index (χ0n) is 15.6. The van der Waals surface area contributed by atoms with Crippen molar-refractivity contribution in [3.05, 3.63) is 75.9 Å². The molecule has 1 atom stereocenters. The zero-order valence-corrected chi connectivity index (χ0v) is 17.2. The number of anilines is 1. The van der Waals surface area contributed by atoms with E-state index < -0.39 is 11.1 Å². The second-order valence-corrected chi connectivity index (χ2v) is 8.17. The van der Waals surface area contributed by atoms with Crippen LogP contribution in [0.2, 0.25) is 5.02 Å². The van der Waals surface area contributed by atoms with Gasteiger partial charge in [-0.05, 0) is 43.3 Å². The molecule has 1 amide bonds. The Hall–Kier alpha value is -3.17. The van der Waals surface area contributed by atoms with Crippen LogP contribution in [0.15, 0.2) is 64.7 Å². The second kappa shape index (κ2) is 8.29. The van der Waals surface area contributed by atoms with Crippen molar-refractivity contribution in [3.63, 3.8) is 0 Å². The van der Waals surface area contributed by atoms with Gasteiger partial charge >= 0.3 is 0 Å². The van der Waals surface area contributed by atoms with E-state index in [2.05, 4.69) is 20.4 Å². The van der Waals surface area contributed by atoms with Gasteiger partial charge in [0.25, 0.3) is 5.56 Å². The van der Waals surface area contributed by atoms with Crippen molar-refractivity contribution in [2.24, 2.45) is 0 Å². The number of aromatic nitrogens is 4. The van der Waals surface area contributed by atoms with Crippen molar-refractivity contribution in [2.75, 3.05) is 5.32 Å². The fraction of sp³-hybridized carbons (Fsp3) is 0.100. The van der Waals surface area contributed by atoms with Crippen molar-refractivity contribution in [1.82, 2.24) is 19.7 Å². The predicted molar refractivity (Wildman–Crippen MR) is 115 cm³/mol. The van der Waals surface area contributed by atoms with Gasteiger partial charge in [-0.3, -0.25) is 9.59 Å². The Morgan fingerprint density at radius 3 is 2.83 bits per heavy atom. The molecule has 0 aliphatic rings. The smallest absolute Gasteiger partial charge is 0.262 e. The lowest BCUT2D eigenvalue weighted by atomic mass is 10.3. The lowest BCUT2D eigenvalue weighted by Gasteiger charge is -2.11. The first-order chi connectivity index (χ1) is 14.4. The van der Waals surface area contributed by atoms with Gasteiger partial charge < -0.3 is 10.3 Å². The number of amides is 1. The number of hydrogen-bond acceptors (Lipinski definition) is 5. The monoisotopic (exact) mass is 443 g/mol. The molecular weight excluding hydrogens is 429 g/mol. The Kier molecular flexibility index (Phi) is 5.56. The predicted octanol–water partition coefficient (Wildman–Crippen LogP) is 4.02. The van der Waals surface area contributed by atoms with Crippen LogP contribution in [-0.4, -0.2) is 30.9 Å². The Balaban J connectivity index is 1.60. The number of aromatic amines is 1. The van der Waals surface area contributed by atoms with Crippen LogP contribution in [-0.2, 0) is 4.79 Å². The Morgan fingerprint density at radius 1 is 1.27 bits per heavy atom. The van der Waals surface area contributed by atoms with Crippen LogP contribution >= 0.6 is 23.4 Å². The van der Waals surface area contributed by atoms with Crippen LogP contribution in [0.25, 0.3) is 16.7 Å². The molecule has 2 N–H and O–H groups in total. The fourth-order valence-corrected chi connectivity index (χ4v) is 3.76. The molecule has 0 aliphatic carbocycles. The molecule has 4 rings (SSSR count). The quantitative estimate of drug-likeness (QED) is 0.359. The molecule has 0 saturated heterocycles. The molecule has 0 bridgehead atoms. The number of hydrogen-bond donors (Lipinski definition) is 2. The zero-order chi connectivity index (χ0) is 21.3. The summed E-state index contributed by atoms with van der Waals surface area (Å²) in [6.45, 7) is 1.66. The first-order valence-corrected chi connectivity index (χ1v) is 10.1. The van der Waals surface area contributed by atoms with Gasteiger partial charge in [-0.15, -0.1) is 0 Å². The molecule has 2 aromatic carbocycles. The largest absolute Gasteiger partial charge is 0.325 e. The first kappa shape index (κ1) is 20.1. The van der Waals surface area contributed by atoms with Gasteiger partial charge in [-0.25, -0.2) is 14.1 Å². The van der Waals surface area contributed by atoms with Crippen molar-refractivity contribution in [3.8, 4) is 5.69 Å². The van der Waals surface area contributed by atoms with E-state index in [0.29, 0.717) is 27.4 Å². The van der Waals surface area contributed by atoms with E-state index in [4.69, 9.17) is 11.6 Å². The molecule has 4 aromatic rings. The highest BCUT2D eigenvalue weighted by Crippen LogP contribution is 2.23.